The molecule has 42 heavy (non-hydrogen) atoms. The average Bonchev–Trinajstić information content (AvgIpc) is 3.51. The van der Waals surface area contributed by atoms with Crippen molar-refractivity contribution in [2.45, 2.75) is 24.5 Å². The number of morpholine rings is 1. The van der Waals surface area contributed by atoms with Gasteiger partial charge in [-0.3, -0.25) is 9.69 Å². The molecule has 3 unspecified atom stereocenters. The first kappa shape index (κ1) is 30.0. The van der Waals surface area contributed by atoms with Gasteiger partial charge in [0.15, 0.2) is 16.6 Å². The van der Waals surface area contributed by atoms with Crippen LogP contribution >= 0.6 is 11.6 Å². The molecule has 1 amide bonds. The summed E-state index contributed by atoms with van der Waals surface area (Å²) in [6.45, 7) is 4.53. The minimum Gasteiger partial charge on any atom is -0.449 e. The summed E-state index contributed by atoms with van der Waals surface area (Å²) in [6, 6.07) is 8.65. The lowest BCUT2D eigenvalue weighted by Crippen LogP contribution is -2.59. The third kappa shape index (κ3) is 5.89. The number of hydrazone groups is 1. The van der Waals surface area contributed by atoms with Crippen LogP contribution < -0.4 is 10.3 Å². The average molecular weight is 609 g/mol. The Morgan fingerprint density at radius 2 is 1.86 bits per heavy atom. The van der Waals surface area contributed by atoms with Crippen molar-refractivity contribution in [2.75, 3.05) is 51.5 Å². The van der Waals surface area contributed by atoms with Gasteiger partial charge >= 0.3 is 0 Å². The van der Waals surface area contributed by atoms with E-state index in [0.717, 1.165) is 23.2 Å². The number of anilines is 1. The number of hydrogen-bond acceptors (Lipinski definition) is 7. The van der Waals surface area contributed by atoms with Crippen molar-refractivity contribution in [2.24, 2.45) is 5.10 Å². The highest BCUT2D eigenvalue weighted by atomic mass is 35.5. The number of methoxy groups -OCH3 is 1. The van der Waals surface area contributed by atoms with Crippen LogP contribution in [-0.4, -0.2) is 74.7 Å². The molecule has 0 aliphatic carbocycles. The number of furan rings is 1. The normalized spacial score (nSPS) is 22.8. The second-order valence-corrected chi connectivity index (χ2v) is 10.6. The lowest BCUT2D eigenvalue weighted by molar-refractivity contribution is -0.127. The van der Waals surface area contributed by atoms with E-state index < -0.39 is 40.6 Å². The van der Waals surface area contributed by atoms with Crippen LogP contribution in [0, 0.1) is 23.3 Å². The van der Waals surface area contributed by atoms with Crippen molar-refractivity contribution < 1.29 is 36.2 Å². The van der Waals surface area contributed by atoms with Gasteiger partial charge in [0, 0.05) is 51.0 Å². The Labute approximate surface area is 244 Å². The van der Waals surface area contributed by atoms with Crippen LogP contribution in [0.15, 0.2) is 58.0 Å². The van der Waals surface area contributed by atoms with E-state index in [1.807, 2.05) is 0 Å². The number of benzene rings is 2. The number of amides is 1. The molecule has 0 spiro atoms. The fourth-order valence-electron chi connectivity index (χ4n) is 5.36. The maximum atomic E-state index is 15.2. The topological polar surface area (TPSA) is 79.5 Å². The van der Waals surface area contributed by atoms with Crippen LogP contribution in [0.5, 0.6) is 0 Å². The van der Waals surface area contributed by atoms with E-state index in [0.29, 0.717) is 45.0 Å². The molecule has 5 rings (SSSR count). The summed E-state index contributed by atoms with van der Waals surface area (Å²) in [7, 11) is 1.62. The second kappa shape index (κ2) is 12.4. The number of nitrogens with one attached hydrogen (secondary N) is 1. The number of ether oxygens (including phenoxy) is 2. The minimum absolute atomic E-state index is 0.00939. The van der Waals surface area contributed by atoms with Crippen molar-refractivity contribution in [1.29, 1.82) is 0 Å². The summed E-state index contributed by atoms with van der Waals surface area (Å²) in [5.41, 5.74) is -2.21. The zero-order chi connectivity index (χ0) is 30.0. The van der Waals surface area contributed by atoms with E-state index in [4.69, 9.17) is 25.5 Å². The van der Waals surface area contributed by atoms with Gasteiger partial charge in [-0.1, -0.05) is 0 Å². The standard InChI is InChI=1S/C29H29ClF4N4O4/c1-29(28(39)35-15-19-16-37(9-11-40-2)10-12-41-19)26(24-7-8-25(30)42-24)27(20-5-3-17(31)13-21(20)33)36-38(29)23-6-4-18(32)14-22(23)34/h3-8,13-14,19,26H,9-12,15-16H2,1-2H3,(H,35,39). The number of hydrogen-bond donors (Lipinski definition) is 1. The van der Waals surface area contributed by atoms with Crippen LogP contribution in [0.1, 0.15) is 24.2 Å². The van der Waals surface area contributed by atoms with Crippen molar-refractivity contribution in [1.82, 2.24) is 10.2 Å². The van der Waals surface area contributed by atoms with Gasteiger partial charge < -0.3 is 19.2 Å². The smallest absolute Gasteiger partial charge is 0.249 e. The van der Waals surface area contributed by atoms with E-state index in [-0.39, 0.29) is 40.6 Å². The van der Waals surface area contributed by atoms with E-state index in [9.17, 15) is 13.6 Å². The summed E-state index contributed by atoms with van der Waals surface area (Å²) in [5.74, 6) is -5.25. The molecule has 1 saturated heterocycles. The van der Waals surface area contributed by atoms with Gasteiger partial charge in [-0.15, -0.1) is 0 Å². The largest absolute Gasteiger partial charge is 0.449 e. The number of halogens is 5. The lowest BCUT2D eigenvalue weighted by atomic mass is 9.78. The molecule has 224 valence electrons. The quantitative estimate of drug-likeness (QED) is 0.354. The Bertz CT molecular complexity index is 1490. The molecule has 2 aliphatic rings. The molecule has 13 heteroatoms. The van der Waals surface area contributed by atoms with Crippen LogP contribution in [-0.2, 0) is 14.3 Å². The Balaban J connectivity index is 1.55. The molecule has 1 aromatic heterocycles. The molecule has 0 radical (unpaired) electrons. The van der Waals surface area contributed by atoms with E-state index in [1.54, 1.807) is 7.11 Å². The van der Waals surface area contributed by atoms with E-state index in [2.05, 4.69) is 15.3 Å². The molecule has 0 saturated carbocycles. The molecule has 1 N–H and O–H groups in total. The first-order chi connectivity index (χ1) is 20.1. The van der Waals surface area contributed by atoms with Crippen molar-refractivity contribution in [3.8, 4) is 0 Å². The van der Waals surface area contributed by atoms with Gasteiger partial charge in [0.2, 0.25) is 5.91 Å². The Morgan fingerprint density at radius 3 is 2.52 bits per heavy atom. The Hall–Kier alpha value is -3.45. The number of rotatable bonds is 9. The molecular formula is C29H29ClF4N4O4. The highest BCUT2D eigenvalue weighted by Crippen LogP contribution is 2.46. The van der Waals surface area contributed by atoms with Crippen molar-refractivity contribution >= 4 is 28.9 Å². The summed E-state index contributed by atoms with van der Waals surface area (Å²) >= 11 is 6.09. The Kier molecular flexibility index (Phi) is 8.88. The first-order valence-electron chi connectivity index (χ1n) is 13.3. The van der Waals surface area contributed by atoms with Crippen LogP contribution in [0.25, 0.3) is 0 Å². The van der Waals surface area contributed by atoms with E-state index in [1.165, 1.54) is 25.1 Å². The van der Waals surface area contributed by atoms with E-state index >= 15 is 8.78 Å². The molecule has 1 fully saturated rings. The first-order valence-corrected chi connectivity index (χ1v) is 13.6. The summed E-state index contributed by atoms with van der Waals surface area (Å²) < 4.78 is 74.8. The number of carbonyl (C=O) groups is 1. The predicted octanol–water partition coefficient (Wildman–Crippen LogP) is 4.72. The van der Waals surface area contributed by atoms with Gasteiger partial charge in [0.05, 0.1) is 36.6 Å². The summed E-state index contributed by atoms with van der Waals surface area (Å²) in [5, 5.41) is 8.44. The SMILES string of the molecule is COCCN1CCOC(CNC(=O)C2(C)C(c3ccc(Cl)o3)C(c3ccc(F)cc3F)=NN2c2ccc(F)cc2F)C1. The van der Waals surface area contributed by atoms with Gasteiger partial charge in [0.1, 0.15) is 23.2 Å². The maximum Gasteiger partial charge on any atom is 0.249 e. The van der Waals surface area contributed by atoms with Gasteiger partial charge in [-0.25, -0.2) is 22.6 Å². The molecule has 3 atom stereocenters. The summed E-state index contributed by atoms with van der Waals surface area (Å²) in [6.07, 6.45) is -0.355. The fourth-order valence-corrected chi connectivity index (χ4v) is 5.51. The highest BCUT2D eigenvalue weighted by Gasteiger charge is 2.57. The summed E-state index contributed by atoms with van der Waals surface area (Å²) in [4.78, 5) is 16.3. The van der Waals surface area contributed by atoms with Crippen LogP contribution in [0.4, 0.5) is 23.2 Å². The van der Waals surface area contributed by atoms with Gasteiger partial charge in [0.25, 0.3) is 0 Å². The monoisotopic (exact) mass is 608 g/mol. The maximum absolute atomic E-state index is 15.2. The highest BCUT2D eigenvalue weighted by molar-refractivity contribution is 6.28. The minimum atomic E-state index is -1.79. The zero-order valence-electron chi connectivity index (χ0n) is 22.9. The Morgan fingerprint density at radius 1 is 1.12 bits per heavy atom. The van der Waals surface area contributed by atoms with Gasteiger partial charge in [-0.2, -0.15) is 5.10 Å². The lowest BCUT2D eigenvalue weighted by Gasteiger charge is -2.38. The molecular weight excluding hydrogens is 580 g/mol. The molecule has 8 nitrogen and oxygen atoms in total. The molecule has 2 aromatic carbocycles. The van der Waals surface area contributed by atoms with Crippen molar-refractivity contribution in [3.05, 3.63) is 88.3 Å². The molecule has 3 heterocycles. The number of carbonyl (C=O) groups excluding carboxylic acids is 1. The second-order valence-electron chi connectivity index (χ2n) is 10.2. The zero-order valence-corrected chi connectivity index (χ0v) is 23.6. The third-order valence-corrected chi connectivity index (χ3v) is 7.69. The predicted molar refractivity (Wildman–Crippen MR) is 148 cm³/mol. The fraction of sp³-hybridized carbons (Fsp3) is 0.379. The van der Waals surface area contributed by atoms with Crippen LogP contribution in [0.2, 0.25) is 5.22 Å². The molecule has 0 bridgehead atoms. The third-order valence-electron chi connectivity index (χ3n) is 7.49. The van der Waals surface area contributed by atoms with Crippen molar-refractivity contribution in [3.63, 3.8) is 0 Å². The molecule has 3 aromatic rings. The van der Waals surface area contributed by atoms with Gasteiger partial charge in [-0.05, 0) is 54.9 Å². The number of nitrogens with zero attached hydrogens (tertiary/aromatic N) is 3. The van der Waals surface area contributed by atoms with Crippen LogP contribution in [0.3, 0.4) is 0 Å². The molecule has 2 aliphatic heterocycles.